The SMILES string of the molecule is Cc1[nH]c(=O)[nH]c(=O)c1CC(=O)OCC(=O)Nc1cccc(F)c1. The van der Waals surface area contributed by atoms with E-state index in [1.54, 1.807) is 0 Å². The second-order valence-electron chi connectivity index (χ2n) is 4.91. The molecule has 0 fully saturated rings. The molecule has 2 aromatic rings. The lowest BCUT2D eigenvalue weighted by atomic mass is 10.2. The molecule has 0 saturated heterocycles. The minimum atomic E-state index is -0.815. The average molecular weight is 335 g/mol. The lowest BCUT2D eigenvalue weighted by molar-refractivity contribution is -0.146. The maximum absolute atomic E-state index is 13.0. The zero-order valence-electron chi connectivity index (χ0n) is 12.6. The van der Waals surface area contributed by atoms with Gasteiger partial charge in [-0.1, -0.05) is 6.07 Å². The lowest BCUT2D eigenvalue weighted by Crippen LogP contribution is -2.29. The summed E-state index contributed by atoms with van der Waals surface area (Å²) in [4.78, 5) is 50.4. The molecule has 24 heavy (non-hydrogen) atoms. The Morgan fingerprint density at radius 2 is 2.00 bits per heavy atom. The van der Waals surface area contributed by atoms with E-state index in [4.69, 9.17) is 4.74 Å². The molecule has 0 aliphatic heterocycles. The van der Waals surface area contributed by atoms with E-state index in [9.17, 15) is 23.6 Å². The summed E-state index contributed by atoms with van der Waals surface area (Å²) >= 11 is 0. The standard InChI is InChI=1S/C15H14FN3O5/c1-8-11(14(22)19-15(23)17-8)6-13(21)24-7-12(20)18-10-4-2-3-9(16)5-10/h2-5H,6-7H2,1H3,(H,18,20)(H2,17,19,22,23). The third-order valence-corrected chi connectivity index (χ3v) is 3.05. The summed E-state index contributed by atoms with van der Waals surface area (Å²) in [6.45, 7) is 0.881. The number of rotatable bonds is 5. The van der Waals surface area contributed by atoms with Crippen LogP contribution in [0.2, 0.25) is 0 Å². The maximum Gasteiger partial charge on any atom is 0.325 e. The molecule has 0 atom stereocenters. The van der Waals surface area contributed by atoms with Crippen LogP contribution in [0.15, 0.2) is 33.9 Å². The van der Waals surface area contributed by atoms with Crippen molar-refractivity contribution in [1.82, 2.24) is 9.97 Å². The first-order chi connectivity index (χ1) is 11.3. The van der Waals surface area contributed by atoms with E-state index >= 15 is 0 Å². The van der Waals surface area contributed by atoms with Gasteiger partial charge in [-0.15, -0.1) is 0 Å². The first-order valence-corrected chi connectivity index (χ1v) is 6.88. The van der Waals surface area contributed by atoms with Crippen LogP contribution in [-0.2, 0) is 20.7 Å². The molecule has 1 aromatic heterocycles. The van der Waals surface area contributed by atoms with E-state index in [1.165, 1.54) is 25.1 Å². The van der Waals surface area contributed by atoms with Crippen LogP contribution in [0.25, 0.3) is 0 Å². The van der Waals surface area contributed by atoms with Crippen molar-refractivity contribution in [2.24, 2.45) is 0 Å². The Labute approximate surface area is 134 Å². The van der Waals surface area contributed by atoms with E-state index in [2.05, 4.69) is 10.3 Å². The zero-order chi connectivity index (χ0) is 17.7. The van der Waals surface area contributed by atoms with Gasteiger partial charge in [-0.2, -0.15) is 0 Å². The number of H-pyrrole nitrogens is 2. The highest BCUT2D eigenvalue weighted by Crippen LogP contribution is 2.08. The van der Waals surface area contributed by atoms with Gasteiger partial charge < -0.3 is 15.0 Å². The van der Waals surface area contributed by atoms with Gasteiger partial charge >= 0.3 is 11.7 Å². The predicted octanol–water partition coefficient (Wildman–Crippen LogP) is 0.235. The summed E-state index contributed by atoms with van der Waals surface area (Å²) in [5.74, 6) is -1.98. The highest BCUT2D eigenvalue weighted by atomic mass is 19.1. The Bertz CT molecular complexity index is 887. The summed E-state index contributed by atoms with van der Waals surface area (Å²) < 4.78 is 17.7. The van der Waals surface area contributed by atoms with Gasteiger partial charge in [-0.3, -0.25) is 19.4 Å². The van der Waals surface area contributed by atoms with Crippen molar-refractivity contribution in [3.05, 3.63) is 62.2 Å². The molecule has 9 heteroatoms. The predicted molar refractivity (Wildman–Crippen MR) is 82.1 cm³/mol. The van der Waals surface area contributed by atoms with E-state index in [0.717, 1.165) is 6.07 Å². The Balaban J connectivity index is 1.90. The molecule has 1 amide bonds. The molecule has 2 rings (SSSR count). The summed E-state index contributed by atoms with van der Waals surface area (Å²) in [7, 11) is 0. The molecule has 0 spiro atoms. The van der Waals surface area contributed by atoms with E-state index < -0.39 is 42.0 Å². The van der Waals surface area contributed by atoms with Gasteiger partial charge in [0.15, 0.2) is 6.61 Å². The Kier molecular flexibility index (Phi) is 5.25. The number of benzene rings is 1. The Morgan fingerprint density at radius 1 is 1.25 bits per heavy atom. The highest BCUT2D eigenvalue weighted by Gasteiger charge is 2.14. The number of ether oxygens (including phenoxy) is 1. The van der Waals surface area contributed by atoms with Gasteiger partial charge in [0.1, 0.15) is 5.82 Å². The van der Waals surface area contributed by atoms with E-state index in [-0.39, 0.29) is 16.9 Å². The molecule has 126 valence electrons. The van der Waals surface area contributed by atoms with E-state index in [0.29, 0.717) is 0 Å². The number of amides is 1. The topological polar surface area (TPSA) is 121 Å². The molecule has 0 radical (unpaired) electrons. The third-order valence-electron chi connectivity index (χ3n) is 3.05. The molecule has 0 saturated carbocycles. The van der Waals surface area contributed by atoms with Crippen LogP contribution in [0.5, 0.6) is 0 Å². The second kappa shape index (κ2) is 7.36. The molecular weight excluding hydrogens is 321 g/mol. The number of anilines is 1. The fourth-order valence-electron chi connectivity index (χ4n) is 1.94. The van der Waals surface area contributed by atoms with Gasteiger partial charge in [-0.05, 0) is 25.1 Å². The Hall–Kier alpha value is -3.23. The minimum Gasteiger partial charge on any atom is -0.455 e. The van der Waals surface area contributed by atoms with Crippen molar-refractivity contribution >= 4 is 17.6 Å². The number of aromatic nitrogens is 2. The molecule has 0 aliphatic carbocycles. The monoisotopic (exact) mass is 335 g/mol. The van der Waals surface area contributed by atoms with Gasteiger partial charge in [0.05, 0.1) is 6.42 Å². The Morgan fingerprint density at radius 3 is 2.67 bits per heavy atom. The zero-order valence-corrected chi connectivity index (χ0v) is 12.6. The number of carbonyl (C=O) groups is 2. The number of aromatic amines is 2. The van der Waals surface area contributed by atoms with Gasteiger partial charge in [-0.25, -0.2) is 9.18 Å². The number of esters is 1. The highest BCUT2D eigenvalue weighted by molar-refractivity contribution is 5.92. The number of carbonyl (C=O) groups excluding carboxylic acids is 2. The van der Waals surface area contributed by atoms with Crippen LogP contribution in [0, 0.1) is 12.7 Å². The van der Waals surface area contributed by atoms with Crippen LogP contribution in [0.4, 0.5) is 10.1 Å². The number of hydrogen-bond acceptors (Lipinski definition) is 5. The quantitative estimate of drug-likeness (QED) is 0.676. The van der Waals surface area contributed by atoms with Crippen molar-refractivity contribution in [2.75, 3.05) is 11.9 Å². The maximum atomic E-state index is 13.0. The fraction of sp³-hybridized carbons (Fsp3) is 0.200. The molecule has 8 nitrogen and oxygen atoms in total. The first-order valence-electron chi connectivity index (χ1n) is 6.88. The summed E-state index contributed by atoms with van der Waals surface area (Å²) in [5, 5.41) is 2.36. The number of hydrogen-bond donors (Lipinski definition) is 3. The van der Waals surface area contributed by atoms with Crippen LogP contribution < -0.4 is 16.6 Å². The molecule has 0 bridgehead atoms. The second-order valence-corrected chi connectivity index (χ2v) is 4.91. The number of nitrogens with one attached hydrogen (secondary N) is 3. The summed E-state index contributed by atoms with van der Waals surface area (Å²) in [6.07, 6.45) is -0.398. The molecule has 3 N–H and O–H groups in total. The van der Waals surface area contributed by atoms with Crippen molar-refractivity contribution in [1.29, 1.82) is 0 Å². The molecule has 1 heterocycles. The molecule has 0 unspecified atom stereocenters. The van der Waals surface area contributed by atoms with Crippen LogP contribution in [-0.4, -0.2) is 28.5 Å². The van der Waals surface area contributed by atoms with Crippen LogP contribution in [0.1, 0.15) is 11.3 Å². The van der Waals surface area contributed by atoms with Crippen molar-refractivity contribution < 1.29 is 18.7 Å². The number of aryl methyl sites for hydroxylation is 1. The average Bonchev–Trinajstić information content (AvgIpc) is 2.49. The molecule has 0 aliphatic rings. The summed E-state index contributed by atoms with van der Waals surface area (Å²) in [5.41, 5.74) is -0.861. The minimum absolute atomic E-state index is 0.0464. The first kappa shape index (κ1) is 17.1. The summed E-state index contributed by atoms with van der Waals surface area (Å²) in [6, 6.07) is 5.23. The van der Waals surface area contributed by atoms with E-state index in [1.807, 2.05) is 4.98 Å². The normalized spacial score (nSPS) is 10.2. The van der Waals surface area contributed by atoms with Crippen molar-refractivity contribution in [2.45, 2.75) is 13.3 Å². The smallest absolute Gasteiger partial charge is 0.325 e. The van der Waals surface area contributed by atoms with Gasteiger partial charge in [0.2, 0.25) is 0 Å². The number of halogens is 1. The van der Waals surface area contributed by atoms with Gasteiger partial charge in [0, 0.05) is 16.9 Å². The van der Waals surface area contributed by atoms with Crippen LogP contribution >= 0.6 is 0 Å². The third kappa shape index (κ3) is 4.63. The molecular formula is C15H14FN3O5. The van der Waals surface area contributed by atoms with Crippen molar-refractivity contribution in [3.8, 4) is 0 Å². The fourth-order valence-corrected chi connectivity index (χ4v) is 1.94. The molecule has 1 aromatic carbocycles. The van der Waals surface area contributed by atoms with Crippen molar-refractivity contribution in [3.63, 3.8) is 0 Å². The van der Waals surface area contributed by atoms with Gasteiger partial charge in [0.25, 0.3) is 11.5 Å². The lowest BCUT2D eigenvalue weighted by Gasteiger charge is -2.07. The largest absolute Gasteiger partial charge is 0.455 e. The van der Waals surface area contributed by atoms with Crippen LogP contribution in [0.3, 0.4) is 0 Å².